The molecular formula is C21H18N4OS. The summed E-state index contributed by atoms with van der Waals surface area (Å²) in [6, 6.07) is 12.5. The molecule has 1 fully saturated rings. The minimum absolute atomic E-state index is 0.0348. The van der Waals surface area contributed by atoms with Gasteiger partial charge in [-0.15, -0.1) is 11.3 Å². The van der Waals surface area contributed by atoms with Gasteiger partial charge in [-0.3, -0.25) is 4.79 Å². The standard InChI is InChI=1S/C21H18N4OS/c1-13-23-19-16(3-2-4-18(19)27-13)14-5-6-15-10-21(7-8-25(11-21)12-22)20(26)24-17(15)9-14/h2-6,9H,7-8,10-11H2,1H3,(H,24,26). The highest BCUT2D eigenvalue weighted by molar-refractivity contribution is 7.18. The largest absolute Gasteiger partial charge is 0.325 e. The van der Waals surface area contributed by atoms with Crippen molar-refractivity contribution in [3.05, 3.63) is 47.0 Å². The van der Waals surface area contributed by atoms with Gasteiger partial charge in [0.1, 0.15) is 0 Å². The Bertz CT molecular complexity index is 1130. The van der Waals surface area contributed by atoms with Crippen LogP contribution in [0.4, 0.5) is 5.69 Å². The van der Waals surface area contributed by atoms with Crippen LogP contribution in [0.2, 0.25) is 0 Å². The van der Waals surface area contributed by atoms with Gasteiger partial charge in [-0.1, -0.05) is 24.3 Å². The Morgan fingerprint density at radius 3 is 3.04 bits per heavy atom. The molecule has 0 aliphatic carbocycles. The molecule has 5 nitrogen and oxygen atoms in total. The van der Waals surface area contributed by atoms with Gasteiger partial charge in [0, 0.05) is 24.3 Å². The van der Waals surface area contributed by atoms with E-state index in [9.17, 15) is 4.79 Å². The average molecular weight is 374 g/mol. The molecule has 1 spiro atoms. The number of nitrogens with zero attached hydrogens (tertiary/aromatic N) is 3. The number of anilines is 1. The van der Waals surface area contributed by atoms with Crippen LogP contribution in [0.1, 0.15) is 17.0 Å². The van der Waals surface area contributed by atoms with Crippen LogP contribution in [-0.4, -0.2) is 28.9 Å². The first-order chi connectivity index (χ1) is 13.1. The van der Waals surface area contributed by atoms with Crippen molar-refractivity contribution in [3.8, 4) is 17.3 Å². The third kappa shape index (κ3) is 2.50. The third-order valence-corrected chi connectivity index (χ3v) is 6.64. The molecule has 6 heteroatoms. The molecule has 0 radical (unpaired) electrons. The number of hydrogen-bond donors (Lipinski definition) is 1. The van der Waals surface area contributed by atoms with Crippen LogP contribution in [0.25, 0.3) is 21.3 Å². The summed E-state index contributed by atoms with van der Waals surface area (Å²) in [5.41, 5.74) is 4.70. The van der Waals surface area contributed by atoms with E-state index >= 15 is 0 Å². The summed E-state index contributed by atoms with van der Waals surface area (Å²) in [5, 5.41) is 13.3. The number of aromatic nitrogens is 1. The maximum absolute atomic E-state index is 12.8. The molecule has 2 aliphatic heterocycles. The van der Waals surface area contributed by atoms with Gasteiger partial charge in [-0.05, 0) is 43.0 Å². The molecule has 3 aromatic rings. The van der Waals surface area contributed by atoms with Crippen LogP contribution in [0, 0.1) is 23.8 Å². The van der Waals surface area contributed by atoms with Crippen molar-refractivity contribution >= 4 is 33.1 Å². The number of benzene rings is 2. The van der Waals surface area contributed by atoms with Gasteiger partial charge in [0.05, 0.1) is 20.6 Å². The fourth-order valence-electron chi connectivity index (χ4n) is 4.29. The highest BCUT2D eigenvalue weighted by Crippen LogP contribution is 2.42. The van der Waals surface area contributed by atoms with Crippen LogP contribution in [0.15, 0.2) is 36.4 Å². The minimum Gasteiger partial charge on any atom is -0.325 e. The number of rotatable bonds is 1. The van der Waals surface area contributed by atoms with Crippen molar-refractivity contribution in [2.24, 2.45) is 5.41 Å². The van der Waals surface area contributed by atoms with Crippen molar-refractivity contribution in [2.45, 2.75) is 19.8 Å². The van der Waals surface area contributed by atoms with Crippen molar-refractivity contribution in [2.75, 3.05) is 18.4 Å². The minimum atomic E-state index is -0.476. The zero-order valence-corrected chi connectivity index (χ0v) is 15.8. The van der Waals surface area contributed by atoms with Gasteiger partial charge < -0.3 is 10.2 Å². The second-order valence-electron chi connectivity index (χ2n) is 7.44. The fraction of sp³-hybridized carbons (Fsp3) is 0.286. The molecule has 1 aromatic heterocycles. The molecule has 5 rings (SSSR count). The number of aryl methyl sites for hydroxylation is 1. The Kier molecular flexibility index (Phi) is 3.49. The molecule has 27 heavy (non-hydrogen) atoms. The highest BCUT2D eigenvalue weighted by atomic mass is 32.1. The smallest absolute Gasteiger partial charge is 0.232 e. The zero-order chi connectivity index (χ0) is 18.6. The number of carbonyl (C=O) groups excluding carboxylic acids is 1. The summed E-state index contributed by atoms with van der Waals surface area (Å²) in [6.45, 7) is 3.18. The molecule has 1 saturated heterocycles. The summed E-state index contributed by atoms with van der Waals surface area (Å²) >= 11 is 1.69. The number of amides is 1. The van der Waals surface area contributed by atoms with Gasteiger partial charge in [-0.25, -0.2) is 4.98 Å². The van der Waals surface area contributed by atoms with Crippen molar-refractivity contribution in [1.82, 2.24) is 9.88 Å². The first kappa shape index (κ1) is 16.3. The van der Waals surface area contributed by atoms with E-state index in [1.54, 1.807) is 16.2 Å². The maximum atomic E-state index is 12.8. The number of nitriles is 1. The molecular weight excluding hydrogens is 356 g/mol. The number of nitrogens with one attached hydrogen (secondary N) is 1. The lowest BCUT2D eigenvalue weighted by Gasteiger charge is -2.33. The van der Waals surface area contributed by atoms with Gasteiger partial charge in [0.25, 0.3) is 0 Å². The van der Waals surface area contributed by atoms with E-state index < -0.39 is 5.41 Å². The summed E-state index contributed by atoms with van der Waals surface area (Å²) in [4.78, 5) is 19.2. The predicted octanol–water partition coefficient (Wildman–Crippen LogP) is 3.94. The number of para-hydroxylation sites is 1. The van der Waals surface area contributed by atoms with Crippen molar-refractivity contribution in [1.29, 1.82) is 5.26 Å². The number of fused-ring (bicyclic) bond motifs is 2. The first-order valence-corrected chi connectivity index (χ1v) is 9.85. The lowest BCUT2D eigenvalue weighted by atomic mass is 9.76. The third-order valence-electron chi connectivity index (χ3n) is 5.70. The monoisotopic (exact) mass is 374 g/mol. The molecule has 134 valence electrons. The Labute approximate surface area is 161 Å². The second kappa shape index (κ2) is 5.80. The normalized spacial score (nSPS) is 21.3. The number of hydrogen-bond acceptors (Lipinski definition) is 5. The van der Waals surface area contributed by atoms with Gasteiger partial charge in [0.2, 0.25) is 5.91 Å². The van der Waals surface area contributed by atoms with E-state index in [-0.39, 0.29) is 5.91 Å². The van der Waals surface area contributed by atoms with E-state index in [0.29, 0.717) is 19.5 Å². The van der Waals surface area contributed by atoms with Crippen LogP contribution >= 0.6 is 11.3 Å². The molecule has 0 bridgehead atoms. The SMILES string of the molecule is Cc1nc2c(-c3ccc4c(c3)NC(=O)C3(CCN(C#N)C3)C4)cccc2s1. The summed E-state index contributed by atoms with van der Waals surface area (Å²) in [7, 11) is 0. The first-order valence-electron chi connectivity index (χ1n) is 9.04. The van der Waals surface area contributed by atoms with Crippen molar-refractivity contribution in [3.63, 3.8) is 0 Å². The van der Waals surface area contributed by atoms with E-state index in [4.69, 9.17) is 5.26 Å². The molecule has 1 amide bonds. The molecule has 1 N–H and O–H groups in total. The number of likely N-dealkylation sites (tertiary alicyclic amines) is 1. The summed E-state index contributed by atoms with van der Waals surface area (Å²) < 4.78 is 1.17. The van der Waals surface area contributed by atoms with Gasteiger partial charge >= 0.3 is 0 Å². The van der Waals surface area contributed by atoms with E-state index in [2.05, 4.69) is 52.9 Å². The van der Waals surface area contributed by atoms with E-state index in [1.165, 1.54) is 4.70 Å². The second-order valence-corrected chi connectivity index (χ2v) is 8.67. The predicted molar refractivity (Wildman–Crippen MR) is 106 cm³/mol. The van der Waals surface area contributed by atoms with Crippen LogP contribution in [0.5, 0.6) is 0 Å². The molecule has 0 saturated carbocycles. The molecule has 2 aromatic carbocycles. The Hall–Kier alpha value is -2.91. The van der Waals surface area contributed by atoms with Crippen LogP contribution < -0.4 is 5.32 Å². The molecule has 2 aliphatic rings. The number of carbonyl (C=O) groups is 1. The van der Waals surface area contributed by atoms with Gasteiger partial charge in [0.15, 0.2) is 6.19 Å². The Morgan fingerprint density at radius 1 is 1.33 bits per heavy atom. The molecule has 3 heterocycles. The average Bonchev–Trinajstić information content (AvgIpc) is 3.25. The number of thiazole rings is 1. The van der Waals surface area contributed by atoms with Gasteiger partial charge in [-0.2, -0.15) is 5.26 Å². The van der Waals surface area contributed by atoms with Crippen LogP contribution in [-0.2, 0) is 11.2 Å². The van der Waals surface area contributed by atoms with Crippen LogP contribution in [0.3, 0.4) is 0 Å². The van der Waals surface area contributed by atoms with Crippen molar-refractivity contribution < 1.29 is 4.79 Å². The molecule has 1 unspecified atom stereocenters. The van der Waals surface area contributed by atoms with E-state index in [1.807, 2.05) is 6.92 Å². The Morgan fingerprint density at radius 2 is 2.22 bits per heavy atom. The maximum Gasteiger partial charge on any atom is 0.232 e. The quantitative estimate of drug-likeness (QED) is 0.655. The fourth-order valence-corrected chi connectivity index (χ4v) is 5.15. The lowest BCUT2D eigenvalue weighted by molar-refractivity contribution is -0.125. The summed E-state index contributed by atoms with van der Waals surface area (Å²) in [5.74, 6) is 0.0348. The Balaban J connectivity index is 1.54. The lowest BCUT2D eigenvalue weighted by Crippen LogP contribution is -2.43. The highest BCUT2D eigenvalue weighted by Gasteiger charge is 2.47. The van der Waals surface area contributed by atoms with E-state index in [0.717, 1.165) is 39.3 Å². The molecule has 1 atom stereocenters. The zero-order valence-electron chi connectivity index (χ0n) is 15.0. The topological polar surface area (TPSA) is 69.0 Å². The summed E-state index contributed by atoms with van der Waals surface area (Å²) in [6.07, 6.45) is 3.59.